The highest BCUT2D eigenvalue weighted by atomic mass is 16.3. The van der Waals surface area contributed by atoms with Gasteiger partial charge in [0.15, 0.2) is 0 Å². The Labute approximate surface area is 123 Å². The highest BCUT2D eigenvalue weighted by Gasteiger charge is 2.12. The van der Waals surface area contributed by atoms with Crippen molar-refractivity contribution in [3.05, 3.63) is 59.2 Å². The number of amides is 1. The van der Waals surface area contributed by atoms with Gasteiger partial charge in [-0.3, -0.25) is 4.79 Å². The third-order valence-corrected chi connectivity index (χ3v) is 2.87. The van der Waals surface area contributed by atoms with Crippen molar-refractivity contribution in [2.75, 3.05) is 11.9 Å². The Morgan fingerprint density at radius 3 is 2.71 bits per heavy atom. The first-order valence-electron chi connectivity index (χ1n) is 6.41. The standard InChI is InChI=1S/C17H15NO3/c1-12-8-9-13(5-4-10-19)15(11-12)18-17(21)14-6-2-3-7-16(14)20/h2-3,6-9,11,19-20H,10H2,1H3,(H,18,21). The largest absolute Gasteiger partial charge is 0.507 e. The summed E-state index contributed by atoms with van der Waals surface area (Å²) in [7, 11) is 0. The molecule has 0 aromatic heterocycles. The van der Waals surface area contributed by atoms with Crippen molar-refractivity contribution in [2.45, 2.75) is 6.92 Å². The Morgan fingerprint density at radius 1 is 1.24 bits per heavy atom. The Morgan fingerprint density at radius 2 is 2.00 bits per heavy atom. The van der Waals surface area contributed by atoms with E-state index in [4.69, 9.17) is 5.11 Å². The van der Waals surface area contributed by atoms with Gasteiger partial charge in [0.25, 0.3) is 5.91 Å². The van der Waals surface area contributed by atoms with E-state index in [1.165, 1.54) is 6.07 Å². The fourth-order valence-corrected chi connectivity index (χ4v) is 1.86. The molecular formula is C17H15NO3. The number of aliphatic hydroxyl groups excluding tert-OH is 1. The van der Waals surface area contributed by atoms with Gasteiger partial charge >= 0.3 is 0 Å². The number of carbonyl (C=O) groups excluding carboxylic acids is 1. The van der Waals surface area contributed by atoms with Crippen LogP contribution in [0.2, 0.25) is 0 Å². The number of hydrogen-bond acceptors (Lipinski definition) is 3. The summed E-state index contributed by atoms with van der Waals surface area (Å²) in [5.41, 5.74) is 2.32. The van der Waals surface area contributed by atoms with Gasteiger partial charge in [0.2, 0.25) is 0 Å². The van der Waals surface area contributed by atoms with Gasteiger partial charge in [0.1, 0.15) is 12.4 Å². The molecule has 0 saturated heterocycles. The van der Waals surface area contributed by atoms with Crippen LogP contribution in [0.25, 0.3) is 0 Å². The molecule has 4 nitrogen and oxygen atoms in total. The fraction of sp³-hybridized carbons (Fsp3) is 0.118. The maximum atomic E-state index is 12.2. The fourth-order valence-electron chi connectivity index (χ4n) is 1.86. The van der Waals surface area contributed by atoms with Crippen molar-refractivity contribution in [1.82, 2.24) is 0 Å². The number of aryl methyl sites for hydroxylation is 1. The molecule has 1 amide bonds. The second-order valence-electron chi connectivity index (χ2n) is 4.48. The molecule has 2 aromatic carbocycles. The smallest absolute Gasteiger partial charge is 0.259 e. The molecule has 0 heterocycles. The van der Waals surface area contributed by atoms with Gasteiger partial charge in [-0.25, -0.2) is 0 Å². The maximum absolute atomic E-state index is 12.2. The molecule has 0 saturated carbocycles. The summed E-state index contributed by atoms with van der Waals surface area (Å²) >= 11 is 0. The molecule has 0 atom stereocenters. The lowest BCUT2D eigenvalue weighted by Crippen LogP contribution is -2.13. The molecule has 3 N–H and O–H groups in total. The van der Waals surface area contributed by atoms with Crippen molar-refractivity contribution in [3.8, 4) is 17.6 Å². The van der Waals surface area contributed by atoms with E-state index in [9.17, 15) is 9.90 Å². The van der Waals surface area contributed by atoms with Crippen molar-refractivity contribution < 1.29 is 15.0 Å². The summed E-state index contributed by atoms with van der Waals surface area (Å²) in [6.45, 7) is 1.65. The van der Waals surface area contributed by atoms with Crippen LogP contribution in [0.15, 0.2) is 42.5 Å². The van der Waals surface area contributed by atoms with Crippen molar-refractivity contribution in [3.63, 3.8) is 0 Å². The predicted molar refractivity (Wildman–Crippen MR) is 81.2 cm³/mol. The Bertz CT molecular complexity index is 726. The number of nitrogens with one attached hydrogen (secondary N) is 1. The van der Waals surface area contributed by atoms with Gasteiger partial charge in [0, 0.05) is 5.56 Å². The van der Waals surface area contributed by atoms with Crippen LogP contribution in [-0.2, 0) is 0 Å². The first-order chi connectivity index (χ1) is 10.1. The number of hydrogen-bond donors (Lipinski definition) is 3. The molecule has 0 spiro atoms. The summed E-state index contributed by atoms with van der Waals surface area (Å²) in [5.74, 6) is 4.85. The number of para-hydroxylation sites is 1. The average molecular weight is 281 g/mol. The molecular weight excluding hydrogens is 266 g/mol. The van der Waals surface area contributed by atoms with Crippen molar-refractivity contribution in [1.29, 1.82) is 0 Å². The number of anilines is 1. The molecule has 106 valence electrons. The van der Waals surface area contributed by atoms with Crippen LogP contribution in [-0.4, -0.2) is 22.7 Å². The van der Waals surface area contributed by atoms with Gasteiger partial charge in [-0.05, 0) is 36.8 Å². The second kappa shape index (κ2) is 6.60. The van der Waals surface area contributed by atoms with Crippen LogP contribution in [0, 0.1) is 18.8 Å². The first kappa shape index (κ1) is 14.6. The Balaban J connectivity index is 2.33. The lowest BCUT2D eigenvalue weighted by molar-refractivity contribution is 0.102. The molecule has 0 aliphatic heterocycles. The molecule has 0 aliphatic carbocycles. The molecule has 0 aliphatic rings. The Hall–Kier alpha value is -2.77. The lowest BCUT2D eigenvalue weighted by atomic mass is 10.1. The van der Waals surface area contributed by atoms with E-state index in [-0.39, 0.29) is 17.9 Å². The van der Waals surface area contributed by atoms with Crippen molar-refractivity contribution in [2.24, 2.45) is 0 Å². The van der Waals surface area contributed by atoms with E-state index in [2.05, 4.69) is 17.2 Å². The second-order valence-corrected chi connectivity index (χ2v) is 4.48. The van der Waals surface area contributed by atoms with E-state index in [0.717, 1.165) is 5.56 Å². The van der Waals surface area contributed by atoms with Crippen LogP contribution in [0.4, 0.5) is 5.69 Å². The summed E-state index contributed by atoms with van der Waals surface area (Å²) in [6.07, 6.45) is 0. The Kier molecular flexibility index (Phi) is 4.60. The number of phenolic OH excluding ortho intramolecular Hbond substituents is 1. The number of aromatic hydroxyl groups is 1. The van der Waals surface area contributed by atoms with E-state index < -0.39 is 5.91 Å². The minimum absolute atomic E-state index is 0.0781. The van der Waals surface area contributed by atoms with Gasteiger partial charge < -0.3 is 15.5 Å². The summed E-state index contributed by atoms with van der Waals surface area (Å²) in [6, 6.07) is 11.8. The van der Waals surface area contributed by atoms with E-state index in [1.807, 2.05) is 13.0 Å². The number of carbonyl (C=O) groups is 1. The van der Waals surface area contributed by atoms with Gasteiger partial charge in [-0.2, -0.15) is 0 Å². The van der Waals surface area contributed by atoms with Crippen LogP contribution >= 0.6 is 0 Å². The number of phenols is 1. The third-order valence-electron chi connectivity index (χ3n) is 2.87. The van der Waals surface area contributed by atoms with Crippen LogP contribution in [0.3, 0.4) is 0 Å². The topological polar surface area (TPSA) is 69.6 Å². The molecule has 0 radical (unpaired) electrons. The van der Waals surface area contributed by atoms with Gasteiger partial charge in [-0.1, -0.05) is 30.0 Å². The van der Waals surface area contributed by atoms with E-state index in [0.29, 0.717) is 11.3 Å². The minimum atomic E-state index is -0.411. The first-order valence-corrected chi connectivity index (χ1v) is 6.41. The normalized spacial score (nSPS) is 9.62. The highest BCUT2D eigenvalue weighted by molar-refractivity contribution is 6.06. The molecule has 0 unspecified atom stereocenters. The minimum Gasteiger partial charge on any atom is -0.507 e. The zero-order chi connectivity index (χ0) is 15.2. The predicted octanol–water partition coefficient (Wildman–Crippen LogP) is 2.30. The quantitative estimate of drug-likeness (QED) is 0.740. The maximum Gasteiger partial charge on any atom is 0.259 e. The molecule has 2 rings (SSSR count). The zero-order valence-corrected chi connectivity index (χ0v) is 11.6. The zero-order valence-electron chi connectivity index (χ0n) is 11.6. The summed E-state index contributed by atoms with van der Waals surface area (Å²) < 4.78 is 0. The summed E-state index contributed by atoms with van der Waals surface area (Å²) in [5, 5.41) is 21.2. The monoisotopic (exact) mass is 281 g/mol. The van der Waals surface area contributed by atoms with Gasteiger partial charge in [0.05, 0.1) is 11.3 Å². The molecule has 0 bridgehead atoms. The lowest BCUT2D eigenvalue weighted by Gasteiger charge is -2.09. The number of rotatable bonds is 2. The van der Waals surface area contributed by atoms with Crippen LogP contribution in [0.5, 0.6) is 5.75 Å². The molecule has 0 fully saturated rings. The molecule has 4 heteroatoms. The summed E-state index contributed by atoms with van der Waals surface area (Å²) in [4.78, 5) is 12.2. The number of benzene rings is 2. The van der Waals surface area contributed by atoms with Gasteiger partial charge in [-0.15, -0.1) is 0 Å². The molecule has 21 heavy (non-hydrogen) atoms. The van der Waals surface area contributed by atoms with E-state index >= 15 is 0 Å². The van der Waals surface area contributed by atoms with E-state index in [1.54, 1.807) is 30.3 Å². The third kappa shape index (κ3) is 3.62. The molecule has 2 aromatic rings. The highest BCUT2D eigenvalue weighted by Crippen LogP contribution is 2.21. The average Bonchev–Trinajstić information content (AvgIpc) is 2.47. The van der Waals surface area contributed by atoms with Crippen LogP contribution < -0.4 is 5.32 Å². The number of aliphatic hydroxyl groups is 1. The SMILES string of the molecule is Cc1ccc(C#CCO)c(NC(=O)c2ccccc2O)c1. The van der Waals surface area contributed by atoms with Crippen LogP contribution in [0.1, 0.15) is 21.5 Å². The van der Waals surface area contributed by atoms with Crippen molar-refractivity contribution >= 4 is 11.6 Å².